The van der Waals surface area contributed by atoms with Gasteiger partial charge >= 0.3 is 11.9 Å². The molecule has 0 amide bonds. The maximum absolute atomic E-state index is 11.3. The van der Waals surface area contributed by atoms with Gasteiger partial charge in [-0.15, -0.1) is 0 Å². The third-order valence-electron chi connectivity index (χ3n) is 4.04. The lowest BCUT2D eigenvalue weighted by molar-refractivity contribution is -0.136. The first-order valence-electron chi connectivity index (χ1n) is 7.64. The van der Waals surface area contributed by atoms with E-state index >= 15 is 0 Å². The second-order valence-electron chi connectivity index (χ2n) is 5.76. The molecular formula is C18H18N2O4. The van der Waals surface area contributed by atoms with E-state index in [0.29, 0.717) is 13.1 Å². The summed E-state index contributed by atoms with van der Waals surface area (Å²) in [6.07, 6.45) is 0. The Labute approximate surface area is 139 Å². The van der Waals surface area contributed by atoms with E-state index in [2.05, 4.69) is 0 Å². The lowest BCUT2D eigenvalue weighted by Crippen LogP contribution is -2.36. The SMILES string of the molecule is O=C(O)CN1Cc2ccccc2N(CC(=O)O)Cc2ccccc21. The van der Waals surface area contributed by atoms with Crippen molar-refractivity contribution in [2.45, 2.75) is 13.1 Å². The van der Waals surface area contributed by atoms with Crippen LogP contribution in [0.25, 0.3) is 0 Å². The summed E-state index contributed by atoms with van der Waals surface area (Å²) in [7, 11) is 0. The molecule has 0 saturated heterocycles. The van der Waals surface area contributed by atoms with Crippen molar-refractivity contribution >= 4 is 23.3 Å². The molecule has 6 heteroatoms. The van der Waals surface area contributed by atoms with Crippen LogP contribution < -0.4 is 9.80 Å². The molecule has 0 fully saturated rings. The van der Waals surface area contributed by atoms with Gasteiger partial charge in [-0.05, 0) is 23.3 Å². The molecule has 0 radical (unpaired) electrons. The van der Waals surface area contributed by atoms with E-state index in [1.165, 1.54) is 0 Å². The van der Waals surface area contributed by atoms with Crippen LogP contribution in [0.4, 0.5) is 11.4 Å². The van der Waals surface area contributed by atoms with E-state index in [-0.39, 0.29) is 13.1 Å². The number of para-hydroxylation sites is 2. The third kappa shape index (κ3) is 3.32. The molecule has 0 spiro atoms. The van der Waals surface area contributed by atoms with Gasteiger partial charge in [-0.25, -0.2) is 0 Å². The second-order valence-corrected chi connectivity index (χ2v) is 5.76. The Hall–Kier alpha value is -3.02. The lowest BCUT2D eigenvalue weighted by atomic mass is 10.0. The highest BCUT2D eigenvalue weighted by atomic mass is 16.4. The van der Waals surface area contributed by atoms with Gasteiger partial charge in [-0.1, -0.05) is 36.4 Å². The summed E-state index contributed by atoms with van der Waals surface area (Å²) in [6, 6.07) is 15.1. The van der Waals surface area contributed by atoms with E-state index in [9.17, 15) is 19.8 Å². The molecule has 0 aromatic heterocycles. The minimum atomic E-state index is -0.898. The van der Waals surface area contributed by atoms with Gasteiger partial charge in [-0.3, -0.25) is 9.59 Å². The molecule has 124 valence electrons. The molecule has 1 aliphatic rings. The molecule has 0 bridgehead atoms. The Morgan fingerprint density at radius 3 is 1.50 bits per heavy atom. The summed E-state index contributed by atoms with van der Waals surface area (Å²) in [5.41, 5.74) is 3.47. The van der Waals surface area contributed by atoms with Gasteiger partial charge < -0.3 is 20.0 Å². The molecule has 0 aliphatic carbocycles. The number of carboxylic acids is 2. The van der Waals surface area contributed by atoms with Crippen LogP contribution in [-0.2, 0) is 22.7 Å². The molecule has 2 aromatic carbocycles. The topological polar surface area (TPSA) is 81.1 Å². The smallest absolute Gasteiger partial charge is 0.323 e. The minimum Gasteiger partial charge on any atom is -0.480 e. The van der Waals surface area contributed by atoms with Crippen molar-refractivity contribution in [2.24, 2.45) is 0 Å². The van der Waals surface area contributed by atoms with Crippen LogP contribution in [-0.4, -0.2) is 35.2 Å². The van der Waals surface area contributed by atoms with Crippen LogP contribution in [0, 0.1) is 0 Å². The van der Waals surface area contributed by atoms with E-state index in [1.807, 2.05) is 58.3 Å². The zero-order valence-electron chi connectivity index (χ0n) is 13.1. The Balaban J connectivity index is 2.08. The molecule has 3 rings (SSSR count). The van der Waals surface area contributed by atoms with Gasteiger partial charge in [0.1, 0.15) is 13.1 Å². The number of fused-ring (bicyclic) bond motifs is 2. The highest BCUT2D eigenvalue weighted by molar-refractivity contribution is 5.77. The van der Waals surface area contributed by atoms with Crippen molar-refractivity contribution in [3.8, 4) is 0 Å². The molecule has 0 saturated carbocycles. The zero-order chi connectivity index (χ0) is 17.1. The first-order valence-corrected chi connectivity index (χ1v) is 7.64. The van der Waals surface area contributed by atoms with Crippen LogP contribution in [0.1, 0.15) is 11.1 Å². The molecular weight excluding hydrogens is 308 g/mol. The van der Waals surface area contributed by atoms with Gasteiger partial charge in [0.05, 0.1) is 0 Å². The fourth-order valence-electron chi connectivity index (χ4n) is 3.10. The normalized spacial score (nSPS) is 13.5. The molecule has 2 aromatic rings. The van der Waals surface area contributed by atoms with Gasteiger partial charge in [-0.2, -0.15) is 0 Å². The number of anilines is 2. The highest BCUT2D eigenvalue weighted by Crippen LogP contribution is 2.32. The fourth-order valence-corrected chi connectivity index (χ4v) is 3.10. The largest absolute Gasteiger partial charge is 0.480 e. The van der Waals surface area contributed by atoms with Crippen LogP contribution >= 0.6 is 0 Å². The monoisotopic (exact) mass is 326 g/mol. The van der Waals surface area contributed by atoms with Crippen molar-refractivity contribution < 1.29 is 19.8 Å². The zero-order valence-corrected chi connectivity index (χ0v) is 13.1. The van der Waals surface area contributed by atoms with E-state index in [4.69, 9.17) is 0 Å². The number of hydrogen-bond donors (Lipinski definition) is 2. The van der Waals surface area contributed by atoms with Gasteiger partial charge in [0, 0.05) is 24.5 Å². The predicted molar refractivity (Wildman–Crippen MR) is 90.3 cm³/mol. The molecule has 1 aliphatic heterocycles. The Morgan fingerprint density at radius 1 is 0.750 bits per heavy atom. The first kappa shape index (κ1) is 15.9. The summed E-state index contributed by atoms with van der Waals surface area (Å²) in [4.78, 5) is 26.2. The maximum atomic E-state index is 11.3. The van der Waals surface area contributed by atoms with E-state index in [0.717, 1.165) is 22.5 Å². The Kier molecular flexibility index (Phi) is 4.37. The highest BCUT2D eigenvalue weighted by Gasteiger charge is 2.23. The molecule has 1 heterocycles. The number of benzene rings is 2. The summed E-state index contributed by atoms with van der Waals surface area (Å²) in [6.45, 7) is 0.611. The molecule has 2 N–H and O–H groups in total. The summed E-state index contributed by atoms with van der Waals surface area (Å²) >= 11 is 0. The molecule has 6 nitrogen and oxygen atoms in total. The first-order chi connectivity index (χ1) is 11.5. The Bertz CT molecular complexity index is 710. The van der Waals surface area contributed by atoms with Crippen molar-refractivity contribution in [1.29, 1.82) is 0 Å². The van der Waals surface area contributed by atoms with Gasteiger partial charge in [0.15, 0.2) is 0 Å². The Morgan fingerprint density at radius 2 is 1.12 bits per heavy atom. The van der Waals surface area contributed by atoms with Crippen molar-refractivity contribution in [3.05, 3.63) is 59.7 Å². The van der Waals surface area contributed by atoms with Crippen molar-refractivity contribution in [1.82, 2.24) is 0 Å². The van der Waals surface area contributed by atoms with Crippen molar-refractivity contribution in [2.75, 3.05) is 22.9 Å². The van der Waals surface area contributed by atoms with Crippen LogP contribution in [0.2, 0.25) is 0 Å². The van der Waals surface area contributed by atoms with Gasteiger partial charge in [0.25, 0.3) is 0 Å². The number of aliphatic carboxylic acids is 2. The number of carboxylic acid groups (broad SMARTS) is 2. The predicted octanol–water partition coefficient (Wildman–Crippen LogP) is 2.18. The van der Waals surface area contributed by atoms with E-state index in [1.54, 1.807) is 0 Å². The standard InChI is InChI=1S/C18H18N2O4/c21-17(22)11-19-9-13-5-1-3-7-15(13)20(12-18(23)24)10-14-6-2-4-8-16(14)19/h1-8H,9-12H2,(H,21,22)(H,23,24). The molecule has 0 unspecified atom stereocenters. The average molecular weight is 326 g/mol. The third-order valence-corrected chi connectivity index (χ3v) is 4.04. The molecule has 24 heavy (non-hydrogen) atoms. The number of hydrogen-bond acceptors (Lipinski definition) is 4. The number of nitrogens with zero attached hydrogens (tertiary/aromatic N) is 2. The molecule has 0 atom stereocenters. The second kappa shape index (κ2) is 6.62. The fraction of sp³-hybridized carbons (Fsp3) is 0.222. The minimum absolute atomic E-state index is 0.107. The lowest BCUT2D eigenvalue weighted by Gasteiger charge is -2.34. The van der Waals surface area contributed by atoms with Gasteiger partial charge in [0.2, 0.25) is 0 Å². The summed E-state index contributed by atoms with van der Waals surface area (Å²) in [5.74, 6) is -1.80. The van der Waals surface area contributed by atoms with Crippen LogP contribution in [0.3, 0.4) is 0 Å². The number of carbonyl (C=O) groups is 2. The number of rotatable bonds is 4. The maximum Gasteiger partial charge on any atom is 0.323 e. The summed E-state index contributed by atoms with van der Waals surface area (Å²) < 4.78 is 0. The average Bonchev–Trinajstić information content (AvgIpc) is 2.52. The van der Waals surface area contributed by atoms with Crippen LogP contribution in [0.15, 0.2) is 48.5 Å². The quantitative estimate of drug-likeness (QED) is 0.896. The van der Waals surface area contributed by atoms with E-state index < -0.39 is 11.9 Å². The van der Waals surface area contributed by atoms with Crippen molar-refractivity contribution in [3.63, 3.8) is 0 Å². The van der Waals surface area contributed by atoms with Crippen LogP contribution in [0.5, 0.6) is 0 Å². The summed E-state index contributed by atoms with van der Waals surface area (Å²) in [5, 5.41) is 18.5.